The number of fused-ring (bicyclic) bond motifs is 1. The van der Waals surface area contributed by atoms with E-state index in [0.29, 0.717) is 22.9 Å². The van der Waals surface area contributed by atoms with E-state index in [2.05, 4.69) is 10.2 Å². The molecule has 8 heteroatoms. The molecule has 2 aliphatic rings. The number of thiophene rings is 1. The molecule has 1 aromatic carbocycles. The second-order valence-electron chi connectivity index (χ2n) is 6.40. The monoisotopic (exact) mass is 387 g/mol. The van der Waals surface area contributed by atoms with Crippen LogP contribution in [-0.4, -0.2) is 62.7 Å². The van der Waals surface area contributed by atoms with E-state index in [0.717, 1.165) is 38.5 Å². The lowest BCUT2D eigenvalue weighted by molar-refractivity contribution is -0.121. The van der Waals surface area contributed by atoms with Gasteiger partial charge in [0, 0.05) is 37.9 Å². The predicted molar refractivity (Wildman–Crippen MR) is 104 cm³/mol. The molecular formula is C19H21N3O4S. The summed E-state index contributed by atoms with van der Waals surface area (Å²) in [6.45, 7) is 4.67. The van der Waals surface area contributed by atoms with Crippen molar-refractivity contribution < 1.29 is 19.1 Å². The quantitative estimate of drug-likeness (QED) is 0.850. The van der Waals surface area contributed by atoms with Crippen molar-refractivity contribution in [3.05, 3.63) is 40.6 Å². The van der Waals surface area contributed by atoms with Crippen molar-refractivity contribution >= 4 is 34.5 Å². The molecule has 1 N–H and O–H groups in total. The SMILES string of the molecule is O=C(Nc1ccc2c(c1)OCC(=O)N2CCN1CCOCC1)c1cccs1. The van der Waals surface area contributed by atoms with Crippen LogP contribution < -0.4 is 15.0 Å². The first-order chi connectivity index (χ1) is 13.2. The van der Waals surface area contributed by atoms with E-state index in [1.165, 1.54) is 11.3 Å². The molecule has 0 atom stereocenters. The number of rotatable bonds is 5. The van der Waals surface area contributed by atoms with E-state index in [9.17, 15) is 9.59 Å². The van der Waals surface area contributed by atoms with Gasteiger partial charge in [-0.25, -0.2) is 0 Å². The van der Waals surface area contributed by atoms with E-state index < -0.39 is 0 Å². The largest absolute Gasteiger partial charge is 0.481 e. The molecule has 2 aliphatic heterocycles. The van der Waals surface area contributed by atoms with Gasteiger partial charge >= 0.3 is 0 Å². The van der Waals surface area contributed by atoms with Gasteiger partial charge in [-0.1, -0.05) is 6.07 Å². The van der Waals surface area contributed by atoms with E-state index in [-0.39, 0.29) is 18.4 Å². The van der Waals surface area contributed by atoms with E-state index in [1.54, 1.807) is 23.1 Å². The number of benzene rings is 1. The number of hydrogen-bond donors (Lipinski definition) is 1. The van der Waals surface area contributed by atoms with Crippen molar-refractivity contribution in [2.24, 2.45) is 0 Å². The van der Waals surface area contributed by atoms with Crippen LogP contribution in [-0.2, 0) is 9.53 Å². The van der Waals surface area contributed by atoms with Gasteiger partial charge < -0.3 is 19.7 Å². The molecule has 4 rings (SSSR count). The minimum absolute atomic E-state index is 0.0123. The maximum Gasteiger partial charge on any atom is 0.265 e. The van der Waals surface area contributed by atoms with Gasteiger partial charge in [0.1, 0.15) is 5.75 Å². The minimum Gasteiger partial charge on any atom is -0.481 e. The summed E-state index contributed by atoms with van der Waals surface area (Å²) in [5, 5.41) is 4.73. The van der Waals surface area contributed by atoms with Crippen LogP contribution in [0.2, 0.25) is 0 Å². The van der Waals surface area contributed by atoms with Crippen molar-refractivity contribution in [2.45, 2.75) is 0 Å². The first-order valence-electron chi connectivity index (χ1n) is 8.93. The van der Waals surface area contributed by atoms with Crippen LogP contribution in [0.25, 0.3) is 0 Å². The van der Waals surface area contributed by atoms with Gasteiger partial charge in [0.15, 0.2) is 6.61 Å². The number of anilines is 2. The fourth-order valence-corrected chi connectivity index (χ4v) is 3.81. The second-order valence-corrected chi connectivity index (χ2v) is 7.35. The zero-order valence-electron chi connectivity index (χ0n) is 14.8. The van der Waals surface area contributed by atoms with Crippen molar-refractivity contribution in [3.8, 4) is 5.75 Å². The third-order valence-electron chi connectivity index (χ3n) is 4.65. The average Bonchev–Trinajstić information content (AvgIpc) is 3.23. The van der Waals surface area contributed by atoms with Gasteiger partial charge in [0.2, 0.25) is 0 Å². The van der Waals surface area contributed by atoms with Gasteiger partial charge in [0.25, 0.3) is 11.8 Å². The summed E-state index contributed by atoms with van der Waals surface area (Å²) in [6.07, 6.45) is 0. The van der Waals surface area contributed by atoms with E-state index >= 15 is 0 Å². The van der Waals surface area contributed by atoms with Crippen molar-refractivity contribution in [2.75, 3.05) is 56.2 Å². The number of hydrogen-bond acceptors (Lipinski definition) is 6. The number of ether oxygens (including phenoxy) is 2. The van der Waals surface area contributed by atoms with Crippen LogP contribution in [0.1, 0.15) is 9.67 Å². The molecule has 2 amide bonds. The molecule has 27 heavy (non-hydrogen) atoms. The lowest BCUT2D eigenvalue weighted by Gasteiger charge is -2.33. The molecule has 7 nitrogen and oxygen atoms in total. The lowest BCUT2D eigenvalue weighted by atomic mass is 10.2. The molecule has 3 heterocycles. The van der Waals surface area contributed by atoms with Crippen molar-refractivity contribution in [3.63, 3.8) is 0 Å². The summed E-state index contributed by atoms with van der Waals surface area (Å²) in [4.78, 5) is 29.3. The normalized spacial score (nSPS) is 17.3. The van der Waals surface area contributed by atoms with Crippen molar-refractivity contribution in [1.29, 1.82) is 0 Å². The second kappa shape index (κ2) is 8.08. The van der Waals surface area contributed by atoms with E-state index in [4.69, 9.17) is 9.47 Å². The molecule has 142 valence electrons. The van der Waals surface area contributed by atoms with Gasteiger partial charge in [-0.2, -0.15) is 0 Å². The summed E-state index contributed by atoms with van der Waals surface area (Å²) in [6, 6.07) is 9.02. The maximum absolute atomic E-state index is 12.3. The summed E-state index contributed by atoms with van der Waals surface area (Å²) >= 11 is 1.39. The number of nitrogens with one attached hydrogen (secondary N) is 1. The molecule has 0 spiro atoms. The number of amides is 2. The number of nitrogens with zero attached hydrogens (tertiary/aromatic N) is 2. The highest BCUT2D eigenvalue weighted by molar-refractivity contribution is 7.12. The highest BCUT2D eigenvalue weighted by Crippen LogP contribution is 2.34. The molecule has 1 aromatic heterocycles. The van der Waals surface area contributed by atoms with Crippen LogP contribution in [0.3, 0.4) is 0 Å². The molecule has 2 aromatic rings. The molecule has 0 unspecified atom stereocenters. The fourth-order valence-electron chi connectivity index (χ4n) is 3.19. The Kier molecular flexibility index (Phi) is 5.38. The van der Waals surface area contributed by atoms with Crippen LogP contribution in [0, 0.1) is 0 Å². The molecule has 0 bridgehead atoms. The first-order valence-corrected chi connectivity index (χ1v) is 9.81. The third-order valence-corrected chi connectivity index (χ3v) is 5.52. The van der Waals surface area contributed by atoms with Gasteiger partial charge in [0.05, 0.1) is 23.8 Å². The first kappa shape index (κ1) is 18.0. The number of carbonyl (C=O) groups is 2. The van der Waals surface area contributed by atoms with Crippen molar-refractivity contribution in [1.82, 2.24) is 4.90 Å². The number of morpholine rings is 1. The fraction of sp³-hybridized carbons (Fsp3) is 0.368. The van der Waals surface area contributed by atoms with Crippen LogP contribution >= 0.6 is 11.3 Å². The van der Waals surface area contributed by atoms with Gasteiger partial charge in [-0.05, 0) is 23.6 Å². The summed E-state index contributed by atoms with van der Waals surface area (Å²) in [5.41, 5.74) is 1.39. The Labute approximate surface area is 161 Å². The number of carbonyl (C=O) groups excluding carboxylic acids is 2. The average molecular weight is 387 g/mol. The summed E-state index contributed by atoms with van der Waals surface area (Å²) in [5.74, 6) is 0.410. The third kappa shape index (κ3) is 4.13. The molecule has 0 aliphatic carbocycles. The summed E-state index contributed by atoms with van der Waals surface area (Å²) < 4.78 is 11.0. The highest BCUT2D eigenvalue weighted by atomic mass is 32.1. The van der Waals surface area contributed by atoms with E-state index in [1.807, 2.05) is 17.5 Å². The Morgan fingerprint density at radius 1 is 1.19 bits per heavy atom. The standard InChI is InChI=1S/C19H21N3O4S/c23-18-13-26-16-12-14(20-19(24)17-2-1-11-27-17)3-4-15(16)22(18)6-5-21-7-9-25-10-8-21/h1-4,11-12H,5-10,13H2,(H,20,24). The smallest absolute Gasteiger partial charge is 0.265 e. The Bertz CT molecular complexity index is 818. The lowest BCUT2D eigenvalue weighted by Crippen LogP contribution is -2.45. The summed E-state index contributed by atoms with van der Waals surface area (Å²) in [7, 11) is 0. The van der Waals surface area contributed by atoms with Crippen LogP contribution in [0.4, 0.5) is 11.4 Å². The highest BCUT2D eigenvalue weighted by Gasteiger charge is 2.26. The topological polar surface area (TPSA) is 71.1 Å². The molecule has 1 fully saturated rings. The molecule has 1 saturated heterocycles. The predicted octanol–water partition coefficient (Wildman–Crippen LogP) is 2.06. The zero-order valence-corrected chi connectivity index (χ0v) is 15.7. The Balaban J connectivity index is 1.45. The van der Waals surface area contributed by atoms with Crippen LogP contribution in [0.5, 0.6) is 5.75 Å². The molecule has 0 radical (unpaired) electrons. The Morgan fingerprint density at radius 2 is 2.04 bits per heavy atom. The molecular weight excluding hydrogens is 366 g/mol. The molecule has 0 saturated carbocycles. The Hall–Kier alpha value is -2.42. The maximum atomic E-state index is 12.3. The van der Waals surface area contributed by atoms with Crippen LogP contribution in [0.15, 0.2) is 35.7 Å². The van der Waals surface area contributed by atoms with Gasteiger partial charge in [-0.3, -0.25) is 14.5 Å². The minimum atomic E-state index is -0.152. The zero-order chi connectivity index (χ0) is 18.6. The Morgan fingerprint density at radius 3 is 2.81 bits per heavy atom. The van der Waals surface area contributed by atoms with Gasteiger partial charge in [-0.15, -0.1) is 11.3 Å².